The van der Waals surface area contributed by atoms with Crippen molar-refractivity contribution in [3.8, 4) is 11.6 Å². The van der Waals surface area contributed by atoms with Crippen molar-refractivity contribution in [1.29, 1.82) is 0 Å². The zero-order valence-corrected chi connectivity index (χ0v) is 13.4. The van der Waals surface area contributed by atoms with Crippen LogP contribution in [-0.2, 0) is 0 Å². The van der Waals surface area contributed by atoms with Crippen LogP contribution in [-0.4, -0.2) is 16.5 Å². The van der Waals surface area contributed by atoms with Crippen molar-refractivity contribution in [3.05, 3.63) is 38.7 Å². The summed E-state index contributed by atoms with van der Waals surface area (Å²) in [5, 5.41) is 3.14. The molecule has 1 heterocycles. The van der Waals surface area contributed by atoms with Crippen LogP contribution in [0.3, 0.4) is 0 Å². The van der Waals surface area contributed by atoms with Crippen LogP contribution in [0.2, 0.25) is 10.0 Å². The van der Waals surface area contributed by atoms with Gasteiger partial charge in [0.2, 0.25) is 11.8 Å². The summed E-state index contributed by atoms with van der Waals surface area (Å²) in [5.74, 6) is 0.120. The molecule has 0 fully saturated rings. The molecule has 8 heteroatoms. The van der Waals surface area contributed by atoms with Gasteiger partial charge in [0.1, 0.15) is 16.6 Å². The molecule has 0 aliphatic rings. The summed E-state index contributed by atoms with van der Waals surface area (Å²) >= 11 is 14.9. The molecule has 20 heavy (non-hydrogen) atoms. The monoisotopic (exact) mass is 379 g/mol. The molecule has 0 saturated heterocycles. The van der Waals surface area contributed by atoms with Crippen molar-refractivity contribution in [3.63, 3.8) is 0 Å². The first-order valence-corrected chi connectivity index (χ1v) is 7.15. The number of hydrogen-bond acceptors (Lipinski definition) is 4. The third kappa shape index (κ3) is 3.50. The van der Waals surface area contributed by atoms with Crippen LogP contribution in [0.5, 0.6) is 11.6 Å². The smallest absolute Gasteiger partial charge is 0.243 e. The lowest BCUT2D eigenvalue weighted by atomic mass is 10.3. The van der Waals surface area contributed by atoms with Crippen LogP contribution in [0.4, 0.5) is 10.3 Å². The number of nitrogens with one attached hydrogen (secondary N) is 1. The summed E-state index contributed by atoms with van der Waals surface area (Å²) in [6.45, 7) is 2.56. The number of aromatic nitrogens is 2. The van der Waals surface area contributed by atoms with Gasteiger partial charge in [-0.15, -0.1) is 0 Å². The highest BCUT2D eigenvalue weighted by Crippen LogP contribution is 2.35. The van der Waals surface area contributed by atoms with E-state index in [2.05, 4.69) is 31.2 Å². The van der Waals surface area contributed by atoms with Gasteiger partial charge >= 0.3 is 0 Å². The zero-order valence-electron chi connectivity index (χ0n) is 10.3. The number of ether oxygens (including phenoxy) is 1. The van der Waals surface area contributed by atoms with E-state index in [0.29, 0.717) is 17.0 Å². The topological polar surface area (TPSA) is 47.0 Å². The molecule has 1 N–H and O–H groups in total. The Balaban J connectivity index is 2.34. The van der Waals surface area contributed by atoms with Crippen molar-refractivity contribution >= 4 is 45.1 Å². The van der Waals surface area contributed by atoms with Gasteiger partial charge in [-0.25, -0.2) is 9.37 Å². The van der Waals surface area contributed by atoms with Gasteiger partial charge in [0, 0.05) is 12.6 Å². The quantitative estimate of drug-likeness (QED) is 0.765. The van der Waals surface area contributed by atoms with E-state index in [1.807, 2.05) is 6.92 Å². The SMILES string of the molecule is CCNc1ncc(Cl)c(Oc2cc(F)c(Cl)cc2Br)n1. The van der Waals surface area contributed by atoms with Crippen LogP contribution in [0.1, 0.15) is 6.92 Å². The Bertz CT molecular complexity index is 642. The second-order valence-electron chi connectivity index (χ2n) is 3.68. The second-order valence-corrected chi connectivity index (χ2v) is 5.34. The average Bonchev–Trinajstić information content (AvgIpc) is 2.40. The van der Waals surface area contributed by atoms with E-state index in [4.69, 9.17) is 27.9 Å². The normalized spacial score (nSPS) is 10.4. The number of halogens is 4. The predicted molar refractivity (Wildman–Crippen MR) is 80.4 cm³/mol. The molecular formula is C12H9BrCl2FN3O. The van der Waals surface area contributed by atoms with E-state index < -0.39 is 5.82 Å². The van der Waals surface area contributed by atoms with E-state index in [-0.39, 0.29) is 21.7 Å². The van der Waals surface area contributed by atoms with Gasteiger partial charge in [0.05, 0.1) is 15.7 Å². The summed E-state index contributed by atoms with van der Waals surface area (Å²) in [5.41, 5.74) is 0. The Morgan fingerprint density at radius 2 is 2.10 bits per heavy atom. The third-order valence-corrected chi connectivity index (χ3v) is 3.40. The molecular weight excluding hydrogens is 372 g/mol. The molecule has 1 aromatic carbocycles. The van der Waals surface area contributed by atoms with E-state index in [0.717, 1.165) is 6.07 Å². The first kappa shape index (κ1) is 15.3. The molecule has 2 rings (SSSR count). The highest BCUT2D eigenvalue weighted by Gasteiger charge is 2.13. The van der Waals surface area contributed by atoms with Gasteiger partial charge in [0.15, 0.2) is 0 Å². The molecule has 0 aliphatic carbocycles. The fraction of sp³-hybridized carbons (Fsp3) is 0.167. The minimum Gasteiger partial charge on any atom is -0.436 e. The Morgan fingerprint density at radius 1 is 1.35 bits per heavy atom. The minimum absolute atomic E-state index is 0.00801. The number of benzene rings is 1. The molecule has 0 spiro atoms. The van der Waals surface area contributed by atoms with Crippen LogP contribution < -0.4 is 10.1 Å². The lowest BCUT2D eigenvalue weighted by Crippen LogP contribution is -2.03. The summed E-state index contributed by atoms with van der Waals surface area (Å²) in [6.07, 6.45) is 1.40. The minimum atomic E-state index is -0.595. The van der Waals surface area contributed by atoms with E-state index >= 15 is 0 Å². The number of anilines is 1. The Kier molecular flexibility index (Phi) is 5.01. The molecule has 0 unspecified atom stereocenters. The average molecular weight is 381 g/mol. The highest BCUT2D eigenvalue weighted by atomic mass is 79.9. The number of hydrogen-bond donors (Lipinski definition) is 1. The molecule has 1 aromatic heterocycles. The van der Waals surface area contributed by atoms with Crippen molar-refractivity contribution in [2.45, 2.75) is 6.92 Å². The van der Waals surface area contributed by atoms with Crippen LogP contribution in [0, 0.1) is 5.82 Å². The predicted octanol–water partition coefficient (Wildman–Crippen LogP) is 4.91. The van der Waals surface area contributed by atoms with Crippen molar-refractivity contribution in [1.82, 2.24) is 9.97 Å². The molecule has 2 aromatic rings. The van der Waals surface area contributed by atoms with Crippen LogP contribution in [0.25, 0.3) is 0 Å². The van der Waals surface area contributed by atoms with Crippen molar-refractivity contribution in [2.75, 3.05) is 11.9 Å². The lowest BCUT2D eigenvalue weighted by molar-refractivity contribution is 0.455. The fourth-order valence-electron chi connectivity index (χ4n) is 1.35. The largest absolute Gasteiger partial charge is 0.436 e. The van der Waals surface area contributed by atoms with Crippen LogP contribution in [0.15, 0.2) is 22.8 Å². The van der Waals surface area contributed by atoms with Crippen LogP contribution >= 0.6 is 39.1 Å². The number of rotatable bonds is 4. The molecule has 0 amide bonds. The first-order valence-electron chi connectivity index (χ1n) is 5.60. The van der Waals surface area contributed by atoms with E-state index in [9.17, 15) is 4.39 Å². The van der Waals surface area contributed by atoms with E-state index in [1.54, 1.807) is 0 Å². The van der Waals surface area contributed by atoms with E-state index in [1.165, 1.54) is 12.3 Å². The van der Waals surface area contributed by atoms with Crippen molar-refractivity contribution in [2.24, 2.45) is 0 Å². The number of nitrogens with zero attached hydrogens (tertiary/aromatic N) is 2. The summed E-state index contributed by atoms with van der Waals surface area (Å²) in [7, 11) is 0. The Labute approximate surface area is 133 Å². The molecule has 0 radical (unpaired) electrons. The third-order valence-electron chi connectivity index (χ3n) is 2.23. The van der Waals surface area contributed by atoms with Gasteiger partial charge in [-0.3, -0.25) is 0 Å². The molecule has 106 valence electrons. The first-order chi connectivity index (χ1) is 9.51. The molecule has 4 nitrogen and oxygen atoms in total. The second kappa shape index (κ2) is 6.56. The van der Waals surface area contributed by atoms with Gasteiger partial charge in [-0.05, 0) is 28.9 Å². The molecule has 0 saturated carbocycles. The Hall–Kier alpha value is -1.11. The van der Waals surface area contributed by atoms with Gasteiger partial charge in [-0.1, -0.05) is 23.2 Å². The fourth-order valence-corrected chi connectivity index (χ4v) is 2.20. The maximum absolute atomic E-state index is 13.5. The summed E-state index contributed by atoms with van der Waals surface area (Å²) in [4.78, 5) is 8.08. The Morgan fingerprint density at radius 3 is 2.80 bits per heavy atom. The lowest BCUT2D eigenvalue weighted by Gasteiger charge is -2.10. The van der Waals surface area contributed by atoms with Gasteiger partial charge in [-0.2, -0.15) is 4.98 Å². The highest BCUT2D eigenvalue weighted by molar-refractivity contribution is 9.10. The maximum atomic E-state index is 13.5. The maximum Gasteiger partial charge on any atom is 0.243 e. The van der Waals surface area contributed by atoms with Crippen molar-refractivity contribution < 1.29 is 9.13 Å². The molecule has 0 aliphatic heterocycles. The summed E-state index contributed by atoms with van der Waals surface area (Å²) < 4.78 is 19.4. The standard InChI is InChI=1S/C12H9BrCl2FN3O/c1-2-17-12-18-5-8(15)11(19-12)20-10-4-9(16)7(14)3-6(10)13/h3-5H,2H2,1H3,(H,17,18,19). The molecule has 0 atom stereocenters. The molecule has 0 bridgehead atoms. The summed E-state index contributed by atoms with van der Waals surface area (Å²) in [6, 6.07) is 2.55. The van der Waals surface area contributed by atoms with Gasteiger partial charge < -0.3 is 10.1 Å². The zero-order chi connectivity index (χ0) is 14.7. The van der Waals surface area contributed by atoms with Gasteiger partial charge in [0.25, 0.3) is 0 Å².